The third kappa shape index (κ3) is 6.08. The number of sulfonamides is 1. The number of morpholine rings is 1. The van der Waals surface area contributed by atoms with Gasteiger partial charge in [0.2, 0.25) is 14.8 Å². The van der Waals surface area contributed by atoms with Crippen molar-refractivity contribution in [1.82, 2.24) is 8.98 Å². The Bertz CT molecular complexity index is 1490. The quantitative estimate of drug-likeness (QED) is 0.268. The molecule has 11 heteroatoms. The first kappa shape index (κ1) is 26.3. The monoisotopic (exact) mass is 576 g/mol. The lowest BCUT2D eigenvalue weighted by Gasteiger charge is -2.26. The molecule has 1 aromatic heterocycles. The van der Waals surface area contributed by atoms with Crippen molar-refractivity contribution in [2.45, 2.75) is 24.2 Å². The van der Waals surface area contributed by atoms with E-state index in [-0.39, 0.29) is 4.90 Å². The van der Waals surface area contributed by atoms with Crippen molar-refractivity contribution in [3.05, 3.63) is 74.8 Å². The molecule has 0 bridgehead atoms. The Balaban J connectivity index is 1.50. The first-order valence-corrected chi connectivity index (χ1v) is 15.1. The SMILES string of the molecule is O=S(=O)(c1ccc(N=c2scc(-c3ccc(Cl)cc3Cl)n2N=CC2CC=CCC2)cc1)N1CCOCC1. The lowest BCUT2D eigenvalue weighted by atomic mass is 9.96. The van der Waals surface area contributed by atoms with Crippen LogP contribution >= 0.6 is 34.5 Å². The van der Waals surface area contributed by atoms with Crippen LogP contribution in [0.5, 0.6) is 0 Å². The number of rotatable bonds is 6. The number of allylic oxidation sites excluding steroid dienone is 2. The van der Waals surface area contributed by atoms with Crippen LogP contribution in [0.1, 0.15) is 19.3 Å². The van der Waals surface area contributed by atoms with Crippen LogP contribution in [0.3, 0.4) is 0 Å². The molecule has 1 saturated heterocycles. The molecule has 1 aliphatic heterocycles. The summed E-state index contributed by atoms with van der Waals surface area (Å²) in [5.41, 5.74) is 2.23. The molecule has 7 nitrogen and oxygen atoms in total. The molecular formula is C26H26Cl2N4O3S2. The Morgan fingerprint density at radius 2 is 1.84 bits per heavy atom. The van der Waals surface area contributed by atoms with Crippen LogP contribution in [0.25, 0.3) is 11.3 Å². The normalized spacial score (nSPS) is 19.6. The molecule has 2 aromatic carbocycles. The molecule has 2 aliphatic rings. The summed E-state index contributed by atoms with van der Waals surface area (Å²) in [6.07, 6.45) is 9.40. The lowest BCUT2D eigenvalue weighted by molar-refractivity contribution is 0.0730. The van der Waals surface area contributed by atoms with Gasteiger partial charge in [-0.15, -0.1) is 11.3 Å². The number of halogens is 2. The van der Waals surface area contributed by atoms with Crippen molar-refractivity contribution in [3.8, 4) is 11.3 Å². The highest BCUT2D eigenvalue weighted by Gasteiger charge is 2.26. The Kier molecular flexibility index (Phi) is 8.28. The van der Waals surface area contributed by atoms with Crippen LogP contribution in [-0.2, 0) is 14.8 Å². The minimum Gasteiger partial charge on any atom is -0.379 e. The first-order chi connectivity index (χ1) is 17.9. The average molecular weight is 578 g/mol. The van der Waals surface area contributed by atoms with E-state index in [0.717, 1.165) is 30.5 Å². The maximum atomic E-state index is 13.0. The number of nitrogens with zero attached hydrogens (tertiary/aromatic N) is 4. The van der Waals surface area contributed by atoms with E-state index in [0.29, 0.717) is 52.8 Å². The molecule has 5 rings (SSSR count). The zero-order valence-electron chi connectivity index (χ0n) is 20.0. The van der Waals surface area contributed by atoms with Crippen LogP contribution in [0.2, 0.25) is 10.0 Å². The molecule has 0 spiro atoms. The molecule has 0 radical (unpaired) electrons. The number of ether oxygens (including phenoxy) is 1. The van der Waals surface area contributed by atoms with E-state index in [1.807, 2.05) is 17.7 Å². The van der Waals surface area contributed by atoms with Crippen LogP contribution in [0.4, 0.5) is 5.69 Å². The van der Waals surface area contributed by atoms with E-state index in [1.54, 1.807) is 41.1 Å². The van der Waals surface area contributed by atoms with Crippen molar-refractivity contribution in [1.29, 1.82) is 0 Å². The second-order valence-electron chi connectivity index (χ2n) is 8.77. The Morgan fingerprint density at radius 1 is 1.05 bits per heavy atom. The Hall–Kier alpha value is -2.27. The van der Waals surface area contributed by atoms with Crippen LogP contribution < -0.4 is 4.80 Å². The summed E-state index contributed by atoms with van der Waals surface area (Å²) >= 11 is 14.1. The van der Waals surface area contributed by atoms with Crippen molar-refractivity contribution in [3.63, 3.8) is 0 Å². The van der Waals surface area contributed by atoms with Gasteiger partial charge in [-0.25, -0.2) is 18.1 Å². The van der Waals surface area contributed by atoms with E-state index in [2.05, 4.69) is 12.2 Å². The largest absolute Gasteiger partial charge is 0.379 e. The van der Waals surface area contributed by atoms with Gasteiger partial charge >= 0.3 is 0 Å². The molecule has 2 heterocycles. The third-order valence-electron chi connectivity index (χ3n) is 6.26. The number of hydrogen-bond acceptors (Lipinski definition) is 6. The Labute approximate surface area is 230 Å². The smallest absolute Gasteiger partial charge is 0.243 e. The molecule has 1 unspecified atom stereocenters. The van der Waals surface area contributed by atoms with Crippen molar-refractivity contribution >= 4 is 56.5 Å². The van der Waals surface area contributed by atoms with Gasteiger partial charge in [0.15, 0.2) is 0 Å². The van der Waals surface area contributed by atoms with E-state index >= 15 is 0 Å². The lowest BCUT2D eigenvalue weighted by Crippen LogP contribution is -2.40. The van der Waals surface area contributed by atoms with Gasteiger partial charge in [-0.1, -0.05) is 35.4 Å². The van der Waals surface area contributed by atoms with Crippen LogP contribution in [-0.4, -0.2) is 49.9 Å². The molecule has 0 amide bonds. The number of aromatic nitrogens is 1. The van der Waals surface area contributed by atoms with Gasteiger partial charge in [-0.05, 0) is 67.6 Å². The van der Waals surface area contributed by atoms with Gasteiger partial charge in [0, 0.05) is 35.3 Å². The number of hydrogen-bond donors (Lipinski definition) is 0. The molecule has 1 aliphatic carbocycles. The summed E-state index contributed by atoms with van der Waals surface area (Å²) in [5, 5.41) is 7.86. The van der Waals surface area contributed by atoms with Gasteiger partial charge in [0.25, 0.3) is 0 Å². The van der Waals surface area contributed by atoms with E-state index in [1.165, 1.54) is 15.6 Å². The van der Waals surface area contributed by atoms with E-state index < -0.39 is 10.0 Å². The standard InChI is InChI=1S/C26H26Cl2N4O3S2/c27-20-6-11-23(24(28)16-20)25-18-36-26(32(25)29-17-19-4-2-1-3-5-19)30-21-7-9-22(10-8-21)37(33,34)31-12-14-35-15-13-31/h1-2,6-11,16-19H,3-5,12-15H2. The Morgan fingerprint density at radius 3 is 2.54 bits per heavy atom. The summed E-state index contributed by atoms with van der Waals surface area (Å²) in [4.78, 5) is 5.68. The van der Waals surface area contributed by atoms with E-state index in [4.69, 9.17) is 38.0 Å². The first-order valence-electron chi connectivity index (χ1n) is 12.0. The summed E-state index contributed by atoms with van der Waals surface area (Å²) in [6, 6.07) is 12.0. The second-order valence-corrected chi connectivity index (χ2v) is 12.4. The maximum absolute atomic E-state index is 13.0. The molecule has 0 N–H and O–H groups in total. The fourth-order valence-electron chi connectivity index (χ4n) is 4.22. The van der Waals surface area contributed by atoms with Crippen LogP contribution in [0, 0.1) is 5.92 Å². The highest BCUT2D eigenvalue weighted by molar-refractivity contribution is 7.89. The average Bonchev–Trinajstić information content (AvgIpc) is 3.30. The van der Waals surface area contributed by atoms with E-state index in [9.17, 15) is 8.42 Å². The summed E-state index contributed by atoms with van der Waals surface area (Å²) in [5.74, 6) is 0.350. The minimum absolute atomic E-state index is 0.240. The molecule has 3 aromatic rings. The zero-order chi connectivity index (χ0) is 25.8. The number of benzene rings is 2. The second kappa shape index (κ2) is 11.6. The predicted octanol–water partition coefficient (Wildman–Crippen LogP) is 5.97. The molecule has 0 saturated carbocycles. The molecular weight excluding hydrogens is 551 g/mol. The van der Waals surface area contributed by atoms with Gasteiger partial charge in [-0.2, -0.15) is 9.41 Å². The van der Waals surface area contributed by atoms with Crippen molar-refractivity contribution in [2.75, 3.05) is 26.3 Å². The zero-order valence-corrected chi connectivity index (χ0v) is 23.1. The molecule has 194 valence electrons. The summed E-state index contributed by atoms with van der Waals surface area (Å²) in [7, 11) is -3.57. The van der Waals surface area contributed by atoms with Gasteiger partial charge in [0.1, 0.15) is 0 Å². The third-order valence-corrected chi connectivity index (χ3v) is 9.54. The topological polar surface area (TPSA) is 76.3 Å². The van der Waals surface area contributed by atoms with Crippen molar-refractivity contribution in [2.24, 2.45) is 16.0 Å². The van der Waals surface area contributed by atoms with Crippen LogP contribution in [0.15, 0.2) is 75.0 Å². The van der Waals surface area contributed by atoms with Gasteiger partial charge < -0.3 is 4.74 Å². The van der Waals surface area contributed by atoms with Crippen molar-refractivity contribution < 1.29 is 13.2 Å². The highest BCUT2D eigenvalue weighted by atomic mass is 35.5. The fraction of sp³-hybridized carbons (Fsp3) is 0.308. The highest BCUT2D eigenvalue weighted by Crippen LogP contribution is 2.31. The number of thiazole rings is 1. The van der Waals surface area contributed by atoms with Gasteiger partial charge in [-0.3, -0.25) is 0 Å². The van der Waals surface area contributed by atoms with Gasteiger partial charge in [0.05, 0.1) is 34.5 Å². The molecule has 1 atom stereocenters. The minimum atomic E-state index is -3.57. The summed E-state index contributed by atoms with van der Waals surface area (Å²) in [6.45, 7) is 1.52. The molecule has 37 heavy (non-hydrogen) atoms. The summed E-state index contributed by atoms with van der Waals surface area (Å²) < 4.78 is 34.4. The fourth-order valence-corrected chi connectivity index (χ4v) is 6.98. The predicted molar refractivity (Wildman–Crippen MR) is 149 cm³/mol. The molecule has 1 fully saturated rings. The maximum Gasteiger partial charge on any atom is 0.243 e.